The van der Waals surface area contributed by atoms with Gasteiger partial charge in [-0.15, -0.1) is 11.3 Å². The van der Waals surface area contributed by atoms with Crippen molar-refractivity contribution in [1.29, 1.82) is 0 Å². The molecule has 0 saturated carbocycles. The van der Waals surface area contributed by atoms with Crippen LogP contribution < -0.4 is 5.32 Å². The molecule has 2 atom stereocenters. The van der Waals surface area contributed by atoms with E-state index < -0.39 is 0 Å². The normalized spacial score (nSPS) is 20.4. The molecule has 1 saturated heterocycles. The predicted octanol–water partition coefficient (Wildman–Crippen LogP) is 2.68. The third-order valence-electron chi connectivity index (χ3n) is 3.64. The predicted molar refractivity (Wildman–Crippen MR) is 93.1 cm³/mol. The molecule has 1 N–H and O–H groups in total. The van der Waals surface area contributed by atoms with Crippen LogP contribution in [0, 0.1) is 0 Å². The van der Waals surface area contributed by atoms with Gasteiger partial charge < -0.3 is 15.0 Å². The summed E-state index contributed by atoms with van der Waals surface area (Å²) in [5.41, 5.74) is 0.902. The molecule has 0 radical (unpaired) electrons. The molecular weight excluding hydrogens is 330 g/mol. The lowest BCUT2D eigenvalue weighted by molar-refractivity contribution is -0.143. The van der Waals surface area contributed by atoms with Crippen LogP contribution >= 0.6 is 23.6 Å². The highest BCUT2D eigenvalue weighted by Gasteiger charge is 2.41. The van der Waals surface area contributed by atoms with Gasteiger partial charge in [0.25, 0.3) is 0 Å². The van der Waals surface area contributed by atoms with E-state index in [0.29, 0.717) is 11.7 Å². The minimum Gasteiger partial charge on any atom is -0.465 e. The van der Waals surface area contributed by atoms with Crippen LogP contribution in [-0.2, 0) is 9.53 Å². The van der Waals surface area contributed by atoms with Crippen molar-refractivity contribution in [2.75, 3.05) is 13.2 Å². The molecule has 0 bridgehead atoms. The monoisotopic (exact) mass is 347 g/mol. The van der Waals surface area contributed by atoms with Gasteiger partial charge in [0.1, 0.15) is 6.54 Å². The number of carbonyl (C=O) groups is 1. The van der Waals surface area contributed by atoms with Crippen molar-refractivity contribution in [3.8, 4) is 0 Å². The van der Waals surface area contributed by atoms with E-state index in [1.165, 1.54) is 0 Å². The Bertz CT molecular complexity index is 676. The first-order valence-corrected chi connectivity index (χ1v) is 8.66. The highest BCUT2D eigenvalue weighted by Crippen LogP contribution is 2.40. The van der Waals surface area contributed by atoms with Gasteiger partial charge in [-0.05, 0) is 42.7 Å². The molecular formula is C16H17N3O2S2. The summed E-state index contributed by atoms with van der Waals surface area (Å²) < 4.78 is 5.08. The van der Waals surface area contributed by atoms with Gasteiger partial charge in [-0.25, -0.2) is 0 Å². The molecule has 3 heterocycles. The zero-order valence-corrected chi connectivity index (χ0v) is 14.3. The van der Waals surface area contributed by atoms with E-state index in [9.17, 15) is 4.79 Å². The number of nitrogens with one attached hydrogen (secondary N) is 1. The van der Waals surface area contributed by atoms with Crippen LogP contribution in [0.2, 0.25) is 0 Å². The second-order valence-corrected chi connectivity index (χ2v) is 6.44. The van der Waals surface area contributed by atoms with Crippen molar-refractivity contribution in [3.05, 3.63) is 52.5 Å². The lowest BCUT2D eigenvalue weighted by atomic mass is 10.0. The van der Waals surface area contributed by atoms with Gasteiger partial charge >= 0.3 is 5.97 Å². The van der Waals surface area contributed by atoms with Crippen LogP contribution in [0.4, 0.5) is 0 Å². The zero-order valence-electron chi connectivity index (χ0n) is 12.6. The van der Waals surface area contributed by atoms with E-state index in [4.69, 9.17) is 17.0 Å². The molecule has 2 aromatic heterocycles. The molecule has 7 heteroatoms. The van der Waals surface area contributed by atoms with Gasteiger partial charge in [0.05, 0.1) is 24.4 Å². The summed E-state index contributed by atoms with van der Waals surface area (Å²) in [5.74, 6) is -0.278. The molecule has 23 heavy (non-hydrogen) atoms. The molecule has 2 aromatic rings. The Morgan fingerprint density at radius 1 is 1.43 bits per heavy atom. The molecule has 1 aliphatic heterocycles. The first-order chi connectivity index (χ1) is 11.2. The third kappa shape index (κ3) is 3.35. The van der Waals surface area contributed by atoms with E-state index in [2.05, 4.69) is 16.4 Å². The molecule has 1 aliphatic rings. The van der Waals surface area contributed by atoms with Crippen molar-refractivity contribution in [2.24, 2.45) is 0 Å². The maximum atomic E-state index is 11.9. The molecule has 0 aliphatic carbocycles. The molecule has 3 rings (SSSR count). The van der Waals surface area contributed by atoms with Crippen LogP contribution in [0.25, 0.3) is 0 Å². The number of hydrogen-bond donors (Lipinski definition) is 1. The van der Waals surface area contributed by atoms with E-state index in [0.717, 1.165) is 10.6 Å². The van der Waals surface area contributed by atoms with Crippen molar-refractivity contribution >= 4 is 34.6 Å². The van der Waals surface area contributed by atoms with Crippen molar-refractivity contribution in [1.82, 2.24) is 15.2 Å². The zero-order chi connectivity index (χ0) is 16.2. The second-order valence-electron chi connectivity index (χ2n) is 5.07. The summed E-state index contributed by atoms with van der Waals surface area (Å²) in [7, 11) is 0. The SMILES string of the molecule is CCOC(=O)CN1C(=S)N[C@H](c2ccccn2)[C@H]1c1cccs1. The summed E-state index contributed by atoms with van der Waals surface area (Å²) in [5, 5.41) is 5.87. The number of rotatable bonds is 5. The summed E-state index contributed by atoms with van der Waals surface area (Å²) in [6.07, 6.45) is 1.76. The number of thiophene rings is 1. The third-order valence-corrected chi connectivity index (χ3v) is 4.93. The number of ether oxygens (including phenoxy) is 1. The molecule has 0 spiro atoms. The van der Waals surface area contributed by atoms with Gasteiger partial charge in [-0.3, -0.25) is 9.78 Å². The van der Waals surface area contributed by atoms with Gasteiger partial charge in [-0.1, -0.05) is 12.1 Å². The fourth-order valence-corrected chi connectivity index (χ4v) is 3.87. The lowest BCUT2D eigenvalue weighted by Gasteiger charge is -2.25. The Balaban J connectivity index is 1.92. The van der Waals surface area contributed by atoms with Crippen LogP contribution in [0.5, 0.6) is 0 Å². The van der Waals surface area contributed by atoms with E-state index >= 15 is 0 Å². The highest BCUT2D eigenvalue weighted by molar-refractivity contribution is 7.80. The smallest absolute Gasteiger partial charge is 0.325 e. The van der Waals surface area contributed by atoms with E-state index in [1.807, 2.05) is 34.5 Å². The Morgan fingerprint density at radius 2 is 2.30 bits per heavy atom. The van der Waals surface area contributed by atoms with Gasteiger partial charge in [-0.2, -0.15) is 0 Å². The van der Waals surface area contributed by atoms with Gasteiger partial charge in [0, 0.05) is 11.1 Å². The van der Waals surface area contributed by atoms with Crippen LogP contribution in [0.15, 0.2) is 41.9 Å². The Morgan fingerprint density at radius 3 is 2.96 bits per heavy atom. The Kier molecular flexibility index (Phi) is 4.88. The lowest BCUT2D eigenvalue weighted by Crippen LogP contribution is -2.35. The number of thiocarbonyl (C=S) groups is 1. The minimum atomic E-state index is -0.278. The highest BCUT2D eigenvalue weighted by atomic mass is 32.1. The molecule has 120 valence electrons. The summed E-state index contributed by atoms with van der Waals surface area (Å²) in [4.78, 5) is 19.4. The summed E-state index contributed by atoms with van der Waals surface area (Å²) in [6, 6.07) is 9.70. The first-order valence-electron chi connectivity index (χ1n) is 7.37. The van der Waals surface area contributed by atoms with Gasteiger partial charge in [0.15, 0.2) is 5.11 Å². The molecule has 0 unspecified atom stereocenters. The fraction of sp³-hybridized carbons (Fsp3) is 0.312. The minimum absolute atomic E-state index is 0.0678. The summed E-state index contributed by atoms with van der Waals surface area (Å²) >= 11 is 7.10. The maximum Gasteiger partial charge on any atom is 0.325 e. The van der Waals surface area contributed by atoms with Crippen molar-refractivity contribution in [2.45, 2.75) is 19.0 Å². The number of aromatic nitrogens is 1. The molecule has 0 aromatic carbocycles. The van der Waals surface area contributed by atoms with Crippen LogP contribution in [0.3, 0.4) is 0 Å². The largest absolute Gasteiger partial charge is 0.465 e. The second kappa shape index (κ2) is 7.06. The standard InChI is InChI=1S/C16H17N3O2S2/c1-2-21-13(20)10-19-15(12-7-5-9-23-12)14(18-16(19)22)11-6-3-4-8-17-11/h3-9,14-15H,2,10H2,1H3,(H,18,22)/t14-,15-/m1/s1. The Hall–Kier alpha value is -1.99. The quantitative estimate of drug-likeness (QED) is 0.663. The average Bonchev–Trinajstić information content (AvgIpc) is 3.17. The van der Waals surface area contributed by atoms with Crippen molar-refractivity contribution in [3.63, 3.8) is 0 Å². The Labute approximate surface area is 144 Å². The average molecular weight is 347 g/mol. The van der Waals surface area contributed by atoms with Crippen LogP contribution in [0.1, 0.15) is 29.6 Å². The van der Waals surface area contributed by atoms with E-state index in [-0.39, 0.29) is 24.6 Å². The van der Waals surface area contributed by atoms with E-state index in [1.54, 1.807) is 24.5 Å². The topological polar surface area (TPSA) is 54.5 Å². The number of esters is 1. The van der Waals surface area contributed by atoms with Gasteiger partial charge in [0.2, 0.25) is 0 Å². The molecule has 0 amide bonds. The molecule has 1 fully saturated rings. The number of nitrogens with zero attached hydrogens (tertiary/aromatic N) is 2. The summed E-state index contributed by atoms with van der Waals surface area (Å²) in [6.45, 7) is 2.29. The fourth-order valence-electron chi connectivity index (χ4n) is 2.69. The maximum absolute atomic E-state index is 11.9. The molecule has 5 nitrogen and oxygen atoms in total. The van der Waals surface area contributed by atoms with Crippen LogP contribution in [-0.4, -0.2) is 34.1 Å². The number of pyridine rings is 1. The first kappa shape index (κ1) is 15.9. The number of carbonyl (C=O) groups excluding carboxylic acids is 1. The number of hydrogen-bond acceptors (Lipinski definition) is 5. The van der Waals surface area contributed by atoms with Crippen molar-refractivity contribution < 1.29 is 9.53 Å².